The second-order valence-corrected chi connectivity index (χ2v) is 9.29. The van der Waals surface area contributed by atoms with Gasteiger partial charge in [-0.1, -0.05) is 12.1 Å². The SMILES string of the molecule is CNOC(=N)c1nc(C)n(Cc2cccc(N3CCC(S(C)(=O)=O)CC3)c2)n1. The number of rotatable bonds is 6. The van der Waals surface area contributed by atoms with Crippen molar-refractivity contribution in [3.05, 3.63) is 41.5 Å². The second kappa shape index (κ2) is 8.27. The summed E-state index contributed by atoms with van der Waals surface area (Å²) >= 11 is 0. The van der Waals surface area contributed by atoms with Gasteiger partial charge in [0.05, 0.1) is 11.8 Å². The normalized spacial score (nSPS) is 15.6. The molecule has 1 aliphatic rings. The molecule has 1 saturated heterocycles. The zero-order chi connectivity index (χ0) is 20.3. The number of aromatic nitrogens is 3. The van der Waals surface area contributed by atoms with E-state index in [4.69, 9.17) is 10.2 Å². The Labute approximate surface area is 165 Å². The lowest BCUT2D eigenvalue weighted by atomic mass is 10.1. The number of nitrogens with one attached hydrogen (secondary N) is 2. The summed E-state index contributed by atoms with van der Waals surface area (Å²) < 4.78 is 25.2. The number of anilines is 1. The van der Waals surface area contributed by atoms with Gasteiger partial charge in [0.2, 0.25) is 5.82 Å². The van der Waals surface area contributed by atoms with E-state index in [1.165, 1.54) is 6.26 Å². The van der Waals surface area contributed by atoms with Crippen LogP contribution in [0.4, 0.5) is 5.69 Å². The molecule has 0 aliphatic carbocycles. The summed E-state index contributed by atoms with van der Waals surface area (Å²) in [5.41, 5.74) is 4.58. The summed E-state index contributed by atoms with van der Waals surface area (Å²) in [6.45, 7) is 3.82. The molecule has 28 heavy (non-hydrogen) atoms. The highest BCUT2D eigenvalue weighted by molar-refractivity contribution is 7.91. The van der Waals surface area contributed by atoms with Crippen LogP contribution in [0.5, 0.6) is 0 Å². The molecule has 1 aromatic heterocycles. The van der Waals surface area contributed by atoms with Gasteiger partial charge in [0.1, 0.15) is 15.7 Å². The number of hydrogen-bond donors (Lipinski definition) is 2. The van der Waals surface area contributed by atoms with E-state index in [-0.39, 0.29) is 17.0 Å². The molecule has 1 aliphatic heterocycles. The molecule has 9 nitrogen and oxygen atoms in total. The smallest absolute Gasteiger partial charge is 0.277 e. The Morgan fingerprint density at radius 2 is 2.07 bits per heavy atom. The van der Waals surface area contributed by atoms with Gasteiger partial charge in [0, 0.05) is 32.1 Å². The molecule has 152 valence electrons. The third-order valence-electron chi connectivity index (χ3n) is 4.92. The van der Waals surface area contributed by atoms with Gasteiger partial charge in [-0.05, 0) is 37.5 Å². The van der Waals surface area contributed by atoms with Crippen LogP contribution in [0.25, 0.3) is 0 Å². The van der Waals surface area contributed by atoms with Crippen LogP contribution in [0, 0.1) is 12.3 Å². The maximum atomic E-state index is 11.7. The fraction of sp³-hybridized carbons (Fsp3) is 0.500. The predicted molar refractivity (Wildman–Crippen MR) is 107 cm³/mol. The third-order valence-corrected chi connectivity index (χ3v) is 6.60. The summed E-state index contributed by atoms with van der Waals surface area (Å²) in [5.74, 6) is 0.788. The van der Waals surface area contributed by atoms with Crippen molar-refractivity contribution >= 4 is 21.4 Å². The van der Waals surface area contributed by atoms with Crippen molar-refractivity contribution in [3.63, 3.8) is 0 Å². The lowest BCUT2D eigenvalue weighted by molar-refractivity contribution is 0.206. The minimum absolute atomic E-state index is 0.133. The first-order valence-electron chi connectivity index (χ1n) is 9.14. The molecule has 1 aromatic carbocycles. The van der Waals surface area contributed by atoms with Gasteiger partial charge in [-0.2, -0.15) is 5.48 Å². The molecular formula is C18H26N6O3S. The first-order chi connectivity index (χ1) is 13.3. The van der Waals surface area contributed by atoms with Crippen LogP contribution in [0.2, 0.25) is 0 Å². The van der Waals surface area contributed by atoms with Crippen molar-refractivity contribution in [2.45, 2.75) is 31.6 Å². The molecule has 0 bridgehead atoms. The van der Waals surface area contributed by atoms with Gasteiger partial charge in [0.25, 0.3) is 5.90 Å². The summed E-state index contributed by atoms with van der Waals surface area (Å²) in [4.78, 5) is 11.4. The molecule has 0 spiro atoms. The maximum absolute atomic E-state index is 11.7. The molecule has 2 heterocycles. The largest absolute Gasteiger partial charge is 0.385 e. The zero-order valence-electron chi connectivity index (χ0n) is 16.3. The number of benzene rings is 1. The Kier molecular flexibility index (Phi) is 5.99. The highest BCUT2D eigenvalue weighted by Crippen LogP contribution is 2.24. The van der Waals surface area contributed by atoms with Gasteiger partial charge in [-0.25, -0.2) is 18.1 Å². The molecule has 0 atom stereocenters. The van der Waals surface area contributed by atoms with Gasteiger partial charge >= 0.3 is 0 Å². The molecule has 2 N–H and O–H groups in total. The Bertz CT molecular complexity index is 948. The van der Waals surface area contributed by atoms with Crippen LogP contribution < -0.4 is 10.4 Å². The van der Waals surface area contributed by atoms with E-state index in [0.29, 0.717) is 25.2 Å². The fourth-order valence-corrected chi connectivity index (χ4v) is 4.45. The van der Waals surface area contributed by atoms with E-state index in [1.54, 1.807) is 11.7 Å². The highest BCUT2D eigenvalue weighted by atomic mass is 32.2. The summed E-state index contributed by atoms with van der Waals surface area (Å²) in [7, 11) is -1.40. The van der Waals surface area contributed by atoms with Crippen LogP contribution in [-0.4, -0.2) is 60.7 Å². The van der Waals surface area contributed by atoms with Crippen molar-refractivity contribution in [2.24, 2.45) is 0 Å². The highest BCUT2D eigenvalue weighted by Gasteiger charge is 2.26. The molecule has 0 unspecified atom stereocenters. The van der Waals surface area contributed by atoms with E-state index < -0.39 is 9.84 Å². The lowest BCUT2D eigenvalue weighted by Crippen LogP contribution is -2.39. The number of piperidine rings is 1. The third kappa shape index (κ3) is 4.68. The molecule has 10 heteroatoms. The molecule has 0 saturated carbocycles. The van der Waals surface area contributed by atoms with E-state index in [9.17, 15) is 8.42 Å². The average Bonchev–Trinajstić information content (AvgIpc) is 3.02. The summed E-state index contributed by atoms with van der Waals surface area (Å²) in [6, 6.07) is 8.15. The van der Waals surface area contributed by atoms with Crippen LogP contribution in [0.15, 0.2) is 24.3 Å². The van der Waals surface area contributed by atoms with Crippen molar-refractivity contribution < 1.29 is 13.3 Å². The number of sulfone groups is 1. The topological polar surface area (TPSA) is 113 Å². The van der Waals surface area contributed by atoms with Gasteiger partial charge in [-0.15, -0.1) is 5.10 Å². The number of aryl methyl sites for hydroxylation is 1. The first-order valence-corrected chi connectivity index (χ1v) is 11.1. The second-order valence-electron chi connectivity index (χ2n) is 6.96. The minimum Gasteiger partial charge on any atom is -0.385 e. The monoisotopic (exact) mass is 406 g/mol. The Hall–Kier alpha value is -2.46. The molecular weight excluding hydrogens is 380 g/mol. The quantitative estimate of drug-likeness (QED) is 0.420. The van der Waals surface area contributed by atoms with Crippen LogP contribution in [0.1, 0.15) is 30.1 Å². The van der Waals surface area contributed by atoms with Crippen LogP contribution in [-0.2, 0) is 21.2 Å². The molecule has 0 amide bonds. The fourth-order valence-electron chi connectivity index (χ4n) is 3.38. The van der Waals surface area contributed by atoms with Crippen molar-refractivity contribution in [2.75, 3.05) is 31.3 Å². The summed E-state index contributed by atoms with van der Waals surface area (Å²) in [5, 5.41) is 11.9. The molecule has 2 aromatic rings. The standard InChI is InChI=1S/C18H26N6O3S/c1-13-21-18(17(19)27-20-2)22-24(13)12-14-5-4-6-15(11-14)23-9-7-16(8-10-23)28(3,25)26/h4-6,11,16,19-20H,7-10,12H2,1-3H3. The Balaban J connectivity index is 1.70. The van der Waals surface area contributed by atoms with Crippen molar-refractivity contribution in [1.82, 2.24) is 20.2 Å². The van der Waals surface area contributed by atoms with Gasteiger partial charge in [0.15, 0.2) is 0 Å². The Morgan fingerprint density at radius 1 is 1.36 bits per heavy atom. The van der Waals surface area contributed by atoms with Crippen LogP contribution in [0.3, 0.4) is 0 Å². The van der Waals surface area contributed by atoms with E-state index in [0.717, 1.165) is 24.3 Å². The number of nitrogens with zero attached hydrogens (tertiary/aromatic N) is 4. The number of hydroxylamine groups is 1. The molecule has 0 radical (unpaired) electrons. The van der Waals surface area contributed by atoms with Gasteiger partial charge in [-0.3, -0.25) is 5.41 Å². The molecule has 1 fully saturated rings. The summed E-state index contributed by atoms with van der Waals surface area (Å²) in [6.07, 6.45) is 2.63. The van der Waals surface area contributed by atoms with Crippen molar-refractivity contribution in [1.29, 1.82) is 5.41 Å². The first kappa shape index (κ1) is 20.3. The van der Waals surface area contributed by atoms with E-state index in [2.05, 4.69) is 26.5 Å². The van der Waals surface area contributed by atoms with Gasteiger partial charge < -0.3 is 9.74 Å². The maximum Gasteiger partial charge on any atom is 0.277 e. The van der Waals surface area contributed by atoms with E-state index >= 15 is 0 Å². The molecule has 3 rings (SSSR count). The predicted octanol–water partition coefficient (Wildman–Crippen LogP) is 1.12. The van der Waals surface area contributed by atoms with Crippen molar-refractivity contribution in [3.8, 4) is 0 Å². The van der Waals surface area contributed by atoms with E-state index in [1.807, 2.05) is 25.1 Å². The Morgan fingerprint density at radius 3 is 2.71 bits per heavy atom. The number of hydrogen-bond acceptors (Lipinski definition) is 8. The minimum atomic E-state index is -2.97. The average molecular weight is 407 g/mol. The van der Waals surface area contributed by atoms with Crippen LogP contribution >= 0.6 is 0 Å². The lowest BCUT2D eigenvalue weighted by Gasteiger charge is -2.33. The zero-order valence-corrected chi connectivity index (χ0v) is 17.2.